The van der Waals surface area contributed by atoms with Crippen LogP contribution in [0.3, 0.4) is 0 Å². The smallest absolute Gasteiger partial charge is 0.0426 e. The molecule has 0 unspecified atom stereocenters. The van der Waals surface area contributed by atoms with E-state index in [1.807, 2.05) is 24.3 Å². The van der Waals surface area contributed by atoms with Crippen LogP contribution in [0, 0.1) is 0 Å². The van der Waals surface area contributed by atoms with Gasteiger partial charge in [-0.15, -0.1) is 0 Å². The SMILES string of the molecule is CC(C)N(Cc1ccccc1)Cc1ccc(Cl)cc1N. The van der Waals surface area contributed by atoms with Gasteiger partial charge >= 0.3 is 0 Å². The molecule has 3 heteroatoms. The van der Waals surface area contributed by atoms with Crippen molar-refractivity contribution < 1.29 is 0 Å². The van der Waals surface area contributed by atoms with Gasteiger partial charge < -0.3 is 5.73 Å². The van der Waals surface area contributed by atoms with Crippen molar-refractivity contribution in [2.24, 2.45) is 0 Å². The fourth-order valence-electron chi connectivity index (χ4n) is 2.17. The van der Waals surface area contributed by atoms with Gasteiger partial charge in [0.15, 0.2) is 0 Å². The van der Waals surface area contributed by atoms with Crippen molar-refractivity contribution in [2.45, 2.75) is 33.0 Å². The van der Waals surface area contributed by atoms with Gasteiger partial charge in [-0.1, -0.05) is 48.0 Å². The van der Waals surface area contributed by atoms with E-state index in [1.165, 1.54) is 5.56 Å². The maximum Gasteiger partial charge on any atom is 0.0426 e. The molecular weight excluding hydrogens is 268 g/mol. The summed E-state index contributed by atoms with van der Waals surface area (Å²) in [6.07, 6.45) is 0. The summed E-state index contributed by atoms with van der Waals surface area (Å²) in [5.41, 5.74) is 9.25. The first kappa shape index (κ1) is 14.9. The third-order valence-corrected chi connectivity index (χ3v) is 3.68. The van der Waals surface area contributed by atoms with E-state index in [4.69, 9.17) is 17.3 Å². The van der Waals surface area contributed by atoms with Gasteiger partial charge in [-0.05, 0) is 37.1 Å². The van der Waals surface area contributed by atoms with Crippen molar-refractivity contribution in [3.8, 4) is 0 Å². The minimum Gasteiger partial charge on any atom is -0.398 e. The van der Waals surface area contributed by atoms with E-state index in [2.05, 4.69) is 43.0 Å². The van der Waals surface area contributed by atoms with Crippen LogP contribution in [0.5, 0.6) is 0 Å². The summed E-state index contributed by atoms with van der Waals surface area (Å²) in [7, 11) is 0. The Bertz CT molecular complexity index is 552. The molecule has 0 aliphatic rings. The van der Waals surface area contributed by atoms with Crippen LogP contribution in [-0.4, -0.2) is 10.9 Å². The summed E-state index contributed by atoms with van der Waals surface area (Å²) in [6.45, 7) is 6.15. The van der Waals surface area contributed by atoms with Crippen LogP contribution in [0.25, 0.3) is 0 Å². The maximum absolute atomic E-state index is 6.05. The molecule has 0 fully saturated rings. The van der Waals surface area contributed by atoms with Gasteiger partial charge in [-0.2, -0.15) is 0 Å². The zero-order chi connectivity index (χ0) is 14.5. The van der Waals surface area contributed by atoms with Crippen molar-refractivity contribution in [1.82, 2.24) is 4.90 Å². The first-order valence-corrected chi connectivity index (χ1v) is 7.26. The number of hydrogen-bond acceptors (Lipinski definition) is 2. The van der Waals surface area contributed by atoms with E-state index in [1.54, 1.807) is 0 Å². The second kappa shape index (κ2) is 6.78. The second-order valence-electron chi connectivity index (χ2n) is 5.33. The Hall–Kier alpha value is -1.51. The average molecular weight is 289 g/mol. The van der Waals surface area contributed by atoms with E-state index in [9.17, 15) is 0 Å². The second-order valence-corrected chi connectivity index (χ2v) is 5.76. The van der Waals surface area contributed by atoms with Gasteiger partial charge in [0.05, 0.1) is 0 Å². The highest BCUT2D eigenvalue weighted by molar-refractivity contribution is 6.30. The van der Waals surface area contributed by atoms with E-state index in [0.717, 1.165) is 24.3 Å². The molecular formula is C17H21ClN2. The molecule has 2 nitrogen and oxygen atoms in total. The van der Waals surface area contributed by atoms with E-state index < -0.39 is 0 Å². The molecule has 0 aliphatic carbocycles. The zero-order valence-electron chi connectivity index (χ0n) is 12.0. The highest BCUT2D eigenvalue weighted by Gasteiger charge is 2.12. The summed E-state index contributed by atoms with van der Waals surface area (Å²) >= 11 is 5.95. The van der Waals surface area contributed by atoms with E-state index in [0.29, 0.717) is 11.1 Å². The molecule has 20 heavy (non-hydrogen) atoms. The summed E-state index contributed by atoms with van der Waals surface area (Å²) in [5.74, 6) is 0. The van der Waals surface area contributed by atoms with Gasteiger partial charge in [0.1, 0.15) is 0 Å². The number of nitrogens with two attached hydrogens (primary N) is 1. The molecule has 0 amide bonds. The molecule has 2 rings (SSSR count). The van der Waals surface area contributed by atoms with Crippen molar-refractivity contribution in [3.05, 3.63) is 64.7 Å². The molecule has 0 atom stereocenters. The molecule has 0 spiro atoms. The van der Waals surface area contributed by atoms with Crippen LogP contribution in [0.1, 0.15) is 25.0 Å². The van der Waals surface area contributed by atoms with Crippen LogP contribution in [0.4, 0.5) is 5.69 Å². The Labute approximate surface area is 126 Å². The first-order valence-electron chi connectivity index (χ1n) is 6.88. The van der Waals surface area contributed by atoms with Crippen LogP contribution in [0.15, 0.2) is 48.5 Å². The molecule has 0 heterocycles. The van der Waals surface area contributed by atoms with E-state index >= 15 is 0 Å². The monoisotopic (exact) mass is 288 g/mol. The van der Waals surface area contributed by atoms with Crippen molar-refractivity contribution in [3.63, 3.8) is 0 Å². The number of halogens is 1. The zero-order valence-corrected chi connectivity index (χ0v) is 12.8. The largest absolute Gasteiger partial charge is 0.398 e. The van der Waals surface area contributed by atoms with Gasteiger partial charge in [0.25, 0.3) is 0 Å². The number of anilines is 1. The maximum atomic E-state index is 6.05. The van der Waals surface area contributed by atoms with Crippen LogP contribution in [-0.2, 0) is 13.1 Å². The lowest BCUT2D eigenvalue weighted by Crippen LogP contribution is -2.30. The topological polar surface area (TPSA) is 29.3 Å². The molecule has 0 radical (unpaired) electrons. The Morgan fingerprint density at radius 2 is 1.75 bits per heavy atom. The number of hydrogen-bond donors (Lipinski definition) is 1. The highest BCUT2D eigenvalue weighted by atomic mass is 35.5. The van der Waals surface area contributed by atoms with Gasteiger partial charge in [0.2, 0.25) is 0 Å². The molecule has 0 saturated carbocycles. The van der Waals surface area contributed by atoms with Crippen LogP contribution < -0.4 is 5.73 Å². The predicted octanol–water partition coefficient (Wildman–Crippen LogP) is 4.33. The van der Waals surface area contributed by atoms with E-state index in [-0.39, 0.29) is 0 Å². The lowest BCUT2D eigenvalue weighted by Gasteiger charge is -2.27. The lowest BCUT2D eigenvalue weighted by molar-refractivity contribution is 0.204. The first-order chi connectivity index (χ1) is 9.56. The molecule has 2 N–H and O–H groups in total. The third-order valence-electron chi connectivity index (χ3n) is 3.44. The van der Waals surface area contributed by atoms with Gasteiger partial charge in [-0.25, -0.2) is 0 Å². The fraction of sp³-hybridized carbons (Fsp3) is 0.294. The number of nitrogens with zero attached hydrogens (tertiary/aromatic N) is 1. The lowest BCUT2D eigenvalue weighted by atomic mass is 10.1. The van der Waals surface area contributed by atoms with Crippen molar-refractivity contribution in [2.75, 3.05) is 5.73 Å². The molecule has 0 aliphatic heterocycles. The van der Waals surface area contributed by atoms with Gasteiger partial charge in [0, 0.05) is 29.8 Å². The Balaban J connectivity index is 2.13. The molecule has 106 valence electrons. The van der Waals surface area contributed by atoms with Crippen molar-refractivity contribution >= 4 is 17.3 Å². The predicted molar refractivity (Wildman–Crippen MR) is 86.7 cm³/mol. The Morgan fingerprint density at radius 1 is 1.05 bits per heavy atom. The molecule has 2 aromatic rings. The third kappa shape index (κ3) is 3.99. The number of nitrogen functional groups attached to an aromatic ring is 1. The summed E-state index contributed by atoms with van der Waals surface area (Å²) in [6, 6.07) is 16.7. The van der Waals surface area contributed by atoms with Gasteiger partial charge in [-0.3, -0.25) is 4.90 Å². The fourth-order valence-corrected chi connectivity index (χ4v) is 2.35. The number of rotatable bonds is 5. The summed E-state index contributed by atoms with van der Waals surface area (Å²) in [5, 5.41) is 0.686. The standard InChI is InChI=1S/C17H21ClN2/c1-13(2)20(11-14-6-4-3-5-7-14)12-15-8-9-16(18)10-17(15)19/h3-10,13H,11-12,19H2,1-2H3. The highest BCUT2D eigenvalue weighted by Crippen LogP contribution is 2.21. The summed E-state index contributed by atoms with van der Waals surface area (Å²) < 4.78 is 0. The summed E-state index contributed by atoms with van der Waals surface area (Å²) in [4.78, 5) is 2.40. The quantitative estimate of drug-likeness (QED) is 0.830. The average Bonchev–Trinajstić information content (AvgIpc) is 2.42. The Morgan fingerprint density at radius 3 is 2.35 bits per heavy atom. The normalized spacial score (nSPS) is 11.2. The van der Waals surface area contributed by atoms with Crippen LogP contribution in [0.2, 0.25) is 5.02 Å². The minimum absolute atomic E-state index is 0.449. The Kier molecular flexibility index (Phi) is 5.05. The molecule has 0 aromatic heterocycles. The minimum atomic E-state index is 0.449. The number of benzene rings is 2. The van der Waals surface area contributed by atoms with Crippen LogP contribution >= 0.6 is 11.6 Å². The van der Waals surface area contributed by atoms with Crippen molar-refractivity contribution in [1.29, 1.82) is 0 Å². The molecule has 2 aromatic carbocycles. The molecule has 0 saturated heterocycles. The molecule has 0 bridgehead atoms.